The molecule has 1 saturated carbocycles. The third kappa shape index (κ3) is 4.04. The minimum absolute atomic E-state index is 0.843. The number of rotatable bonds is 7. The Morgan fingerprint density at radius 2 is 2.17 bits per heavy atom. The molecule has 0 atom stereocenters. The molecule has 3 nitrogen and oxygen atoms in total. The first-order chi connectivity index (χ1) is 8.77. The highest BCUT2D eigenvalue weighted by Crippen LogP contribution is 2.21. The van der Waals surface area contributed by atoms with Crippen LogP contribution < -0.4 is 5.32 Å². The van der Waals surface area contributed by atoms with E-state index in [2.05, 4.69) is 29.2 Å². The van der Waals surface area contributed by atoms with Gasteiger partial charge in [0.15, 0.2) is 0 Å². The molecular formula is C14H25N3S. The molecule has 2 rings (SSSR count). The summed E-state index contributed by atoms with van der Waals surface area (Å²) >= 11 is 1.77. The summed E-state index contributed by atoms with van der Waals surface area (Å²) in [4.78, 5) is 8.23. The zero-order valence-electron chi connectivity index (χ0n) is 11.6. The van der Waals surface area contributed by atoms with E-state index in [4.69, 9.17) is 0 Å². The Hall–Kier alpha value is -0.450. The van der Waals surface area contributed by atoms with Crippen LogP contribution in [-0.2, 0) is 6.42 Å². The molecular weight excluding hydrogens is 242 g/mol. The normalized spacial score (nSPS) is 16.8. The fourth-order valence-corrected chi connectivity index (χ4v) is 3.46. The van der Waals surface area contributed by atoms with E-state index in [1.54, 1.807) is 11.3 Å². The molecule has 102 valence electrons. The summed E-state index contributed by atoms with van der Waals surface area (Å²) in [7, 11) is 2.27. The Morgan fingerprint density at radius 3 is 2.83 bits per heavy atom. The number of thiazole rings is 1. The monoisotopic (exact) mass is 267 g/mol. The number of nitrogens with zero attached hydrogens (tertiary/aromatic N) is 2. The molecule has 1 aliphatic rings. The predicted octanol–water partition coefficient (Wildman–Crippen LogP) is 2.46. The van der Waals surface area contributed by atoms with Crippen LogP contribution in [0, 0.1) is 6.92 Å². The van der Waals surface area contributed by atoms with Crippen molar-refractivity contribution < 1.29 is 0 Å². The van der Waals surface area contributed by atoms with Crippen molar-refractivity contribution in [1.82, 2.24) is 15.2 Å². The smallest absolute Gasteiger partial charge is 0.0797 e. The zero-order chi connectivity index (χ0) is 12.8. The first kappa shape index (κ1) is 14.0. The van der Waals surface area contributed by atoms with Crippen LogP contribution >= 0.6 is 11.3 Å². The van der Waals surface area contributed by atoms with Crippen LogP contribution in [0.15, 0.2) is 5.51 Å². The lowest BCUT2D eigenvalue weighted by molar-refractivity contribution is 0.246. The van der Waals surface area contributed by atoms with Gasteiger partial charge in [0.2, 0.25) is 0 Å². The Labute approximate surface area is 115 Å². The molecule has 1 fully saturated rings. The number of nitrogens with one attached hydrogen (secondary N) is 1. The van der Waals surface area contributed by atoms with Crippen molar-refractivity contribution in [1.29, 1.82) is 0 Å². The van der Waals surface area contributed by atoms with Crippen molar-refractivity contribution in [3.05, 3.63) is 16.1 Å². The van der Waals surface area contributed by atoms with Gasteiger partial charge in [-0.3, -0.25) is 0 Å². The van der Waals surface area contributed by atoms with E-state index in [9.17, 15) is 0 Å². The van der Waals surface area contributed by atoms with Gasteiger partial charge in [-0.15, -0.1) is 11.3 Å². The standard InChI is InChI=1S/C14H25N3S/c1-12-14(18-11-16-12)7-8-15-9-10-17(2)13-5-3-4-6-13/h11,13,15H,3-10H2,1-2H3. The van der Waals surface area contributed by atoms with Crippen molar-refractivity contribution in [3.8, 4) is 0 Å². The molecule has 0 bridgehead atoms. The molecule has 0 unspecified atom stereocenters. The third-order valence-corrected chi connectivity index (χ3v) is 4.96. The van der Waals surface area contributed by atoms with E-state index in [0.29, 0.717) is 0 Å². The Bertz CT molecular complexity index is 345. The Kier molecular flexibility index (Phi) is 5.60. The summed E-state index contributed by atoms with van der Waals surface area (Å²) < 4.78 is 0. The summed E-state index contributed by atoms with van der Waals surface area (Å²) in [5.41, 5.74) is 3.14. The summed E-state index contributed by atoms with van der Waals surface area (Å²) in [6, 6.07) is 0.843. The van der Waals surface area contributed by atoms with Gasteiger partial charge in [-0.25, -0.2) is 4.98 Å². The fraction of sp³-hybridized carbons (Fsp3) is 0.786. The van der Waals surface area contributed by atoms with Crippen LogP contribution in [0.1, 0.15) is 36.3 Å². The number of aromatic nitrogens is 1. The highest BCUT2D eigenvalue weighted by atomic mass is 32.1. The van der Waals surface area contributed by atoms with E-state index in [1.807, 2.05) is 5.51 Å². The summed E-state index contributed by atoms with van der Waals surface area (Å²) in [6.45, 7) is 5.44. The molecule has 1 aliphatic carbocycles. The molecule has 1 aromatic heterocycles. The molecule has 0 amide bonds. The average Bonchev–Trinajstić information content (AvgIpc) is 3.00. The molecule has 4 heteroatoms. The van der Waals surface area contributed by atoms with Crippen molar-refractivity contribution >= 4 is 11.3 Å². The van der Waals surface area contributed by atoms with Gasteiger partial charge in [0.25, 0.3) is 0 Å². The Balaban J connectivity index is 1.54. The van der Waals surface area contributed by atoms with Gasteiger partial charge in [-0.2, -0.15) is 0 Å². The van der Waals surface area contributed by atoms with E-state index in [-0.39, 0.29) is 0 Å². The molecule has 1 aromatic rings. The first-order valence-corrected chi connectivity index (χ1v) is 7.95. The minimum atomic E-state index is 0.843. The van der Waals surface area contributed by atoms with Gasteiger partial charge in [0, 0.05) is 30.6 Å². The van der Waals surface area contributed by atoms with E-state index in [0.717, 1.165) is 25.6 Å². The maximum Gasteiger partial charge on any atom is 0.0797 e. The summed E-state index contributed by atoms with van der Waals surface area (Å²) in [5.74, 6) is 0. The molecule has 0 spiro atoms. The van der Waals surface area contributed by atoms with Gasteiger partial charge < -0.3 is 10.2 Å². The van der Waals surface area contributed by atoms with Gasteiger partial charge in [0.1, 0.15) is 0 Å². The fourth-order valence-electron chi connectivity index (χ4n) is 2.68. The van der Waals surface area contributed by atoms with Crippen LogP contribution in [0.5, 0.6) is 0 Å². The van der Waals surface area contributed by atoms with Gasteiger partial charge in [-0.05, 0) is 33.2 Å². The van der Waals surface area contributed by atoms with Crippen LogP contribution in [0.2, 0.25) is 0 Å². The van der Waals surface area contributed by atoms with E-state index in [1.165, 1.54) is 42.8 Å². The zero-order valence-corrected chi connectivity index (χ0v) is 12.4. The quantitative estimate of drug-likeness (QED) is 0.769. The van der Waals surface area contributed by atoms with Crippen molar-refractivity contribution in [3.63, 3.8) is 0 Å². The van der Waals surface area contributed by atoms with Crippen LogP contribution in [0.3, 0.4) is 0 Å². The van der Waals surface area contributed by atoms with E-state index < -0.39 is 0 Å². The lowest BCUT2D eigenvalue weighted by Crippen LogP contribution is -2.35. The number of hydrogen-bond acceptors (Lipinski definition) is 4. The van der Waals surface area contributed by atoms with Crippen LogP contribution in [0.25, 0.3) is 0 Å². The lowest BCUT2D eigenvalue weighted by Gasteiger charge is -2.23. The van der Waals surface area contributed by atoms with Crippen molar-refractivity contribution in [2.24, 2.45) is 0 Å². The number of likely N-dealkylation sites (N-methyl/N-ethyl adjacent to an activating group) is 1. The number of aryl methyl sites for hydroxylation is 1. The van der Waals surface area contributed by atoms with Crippen LogP contribution in [0.4, 0.5) is 0 Å². The predicted molar refractivity (Wildman–Crippen MR) is 78.3 cm³/mol. The van der Waals surface area contributed by atoms with Crippen LogP contribution in [-0.4, -0.2) is 42.6 Å². The van der Waals surface area contributed by atoms with E-state index >= 15 is 0 Å². The molecule has 0 radical (unpaired) electrons. The second kappa shape index (κ2) is 7.22. The van der Waals surface area contributed by atoms with Gasteiger partial charge >= 0.3 is 0 Å². The largest absolute Gasteiger partial charge is 0.315 e. The van der Waals surface area contributed by atoms with Gasteiger partial charge in [-0.1, -0.05) is 12.8 Å². The highest BCUT2D eigenvalue weighted by molar-refractivity contribution is 7.09. The number of hydrogen-bond donors (Lipinski definition) is 1. The second-order valence-electron chi connectivity index (χ2n) is 5.28. The molecule has 0 saturated heterocycles. The maximum absolute atomic E-state index is 4.28. The summed E-state index contributed by atoms with van der Waals surface area (Å²) in [6.07, 6.45) is 6.76. The molecule has 0 aromatic carbocycles. The molecule has 0 aliphatic heterocycles. The average molecular weight is 267 g/mol. The summed E-state index contributed by atoms with van der Waals surface area (Å²) in [5, 5.41) is 3.54. The topological polar surface area (TPSA) is 28.2 Å². The highest BCUT2D eigenvalue weighted by Gasteiger charge is 2.18. The molecule has 1 heterocycles. The molecule has 1 N–H and O–H groups in total. The molecule has 18 heavy (non-hydrogen) atoms. The minimum Gasteiger partial charge on any atom is -0.315 e. The lowest BCUT2D eigenvalue weighted by atomic mass is 10.2. The second-order valence-corrected chi connectivity index (χ2v) is 6.22. The first-order valence-electron chi connectivity index (χ1n) is 7.07. The Morgan fingerprint density at radius 1 is 1.39 bits per heavy atom. The van der Waals surface area contributed by atoms with Gasteiger partial charge in [0.05, 0.1) is 11.2 Å². The van der Waals surface area contributed by atoms with Crippen molar-refractivity contribution in [2.75, 3.05) is 26.7 Å². The maximum atomic E-state index is 4.28. The third-order valence-electron chi connectivity index (χ3n) is 3.96. The SMILES string of the molecule is Cc1ncsc1CCNCCN(C)C1CCCC1. The van der Waals surface area contributed by atoms with Crippen molar-refractivity contribution in [2.45, 2.75) is 45.1 Å².